The first kappa shape index (κ1) is 24.1. The Balaban J connectivity index is 1.75. The number of hydrogen-bond donors (Lipinski definition) is 1. The third-order valence-corrected chi connectivity index (χ3v) is 6.11. The van der Waals surface area contributed by atoms with Crippen LogP contribution in [-0.4, -0.2) is 13.0 Å². The van der Waals surface area contributed by atoms with E-state index in [2.05, 4.69) is 69.6 Å². The Morgan fingerprint density at radius 1 is 1.09 bits per heavy atom. The Morgan fingerprint density at radius 2 is 1.78 bits per heavy atom. The molecule has 3 aromatic carbocycles. The van der Waals surface area contributed by atoms with Gasteiger partial charge in [0.05, 0.1) is 14.3 Å². The summed E-state index contributed by atoms with van der Waals surface area (Å²) >= 11 is 4.42. The maximum atomic E-state index is 12.6. The van der Waals surface area contributed by atoms with Crippen molar-refractivity contribution in [1.82, 2.24) is 0 Å². The lowest BCUT2D eigenvalue weighted by atomic mass is 10.1. The lowest BCUT2D eigenvalue weighted by molar-refractivity contribution is -0.112. The second-order valence-corrected chi connectivity index (χ2v) is 9.27. The summed E-state index contributed by atoms with van der Waals surface area (Å²) in [4.78, 5) is 12.6. The summed E-state index contributed by atoms with van der Waals surface area (Å²) in [7, 11) is 1.58. The maximum absolute atomic E-state index is 12.6. The van der Waals surface area contributed by atoms with E-state index in [9.17, 15) is 10.1 Å². The highest BCUT2D eigenvalue weighted by Gasteiger charge is 2.13. The summed E-state index contributed by atoms with van der Waals surface area (Å²) in [5.74, 6) is 1.00. The number of methoxy groups -OCH3 is 1. The monoisotopic (exact) mass is 650 g/mol. The molecule has 3 rings (SSSR count). The fourth-order valence-corrected chi connectivity index (χ4v) is 5.07. The third kappa shape index (κ3) is 6.46. The Bertz CT molecular complexity index is 1180. The molecule has 0 heterocycles. The average Bonchev–Trinajstić information content (AvgIpc) is 2.77. The van der Waals surface area contributed by atoms with Crippen LogP contribution < -0.4 is 14.8 Å². The van der Waals surface area contributed by atoms with Crippen LogP contribution in [0.2, 0.25) is 0 Å². The van der Waals surface area contributed by atoms with Gasteiger partial charge in [0.25, 0.3) is 5.91 Å². The Labute approximate surface area is 214 Å². The van der Waals surface area contributed by atoms with Gasteiger partial charge < -0.3 is 14.8 Å². The molecule has 3 aromatic rings. The van der Waals surface area contributed by atoms with Gasteiger partial charge in [0.2, 0.25) is 0 Å². The number of rotatable bonds is 7. The van der Waals surface area contributed by atoms with Gasteiger partial charge in [0, 0.05) is 5.69 Å². The number of nitrogens with zero attached hydrogens (tertiary/aromatic N) is 1. The maximum Gasteiger partial charge on any atom is 0.266 e. The van der Waals surface area contributed by atoms with Gasteiger partial charge in [-0.25, -0.2) is 0 Å². The summed E-state index contributed by atoms with van der Waals surface area (Å²) in [5, 5.41) is 12.3. The van der Waals surface area contributed by atoms with Crippen molar-refractivity contribution in [3.63, 3.8) is 0 Å². The van der Waals surface area contributed by atoms with Gasteiger partial charge in [-0.3, -0.25) is 4.79 Å². The van der Waals surface area contributed by atoms with E-state index in [4.69, 9.17) is 9.47 Å². The topological polar surface area (TPSA) is 71.3 Å². The van der Waals surface area contributed by atoms with Crippen molar-refractivity contribution < 1.29 is 14.3 Å². The molecule has 0 aliphatic heterocycles. The number of aryl methyl sites for hydroxylation is 1. The van der Waals surface area contributed by atoms with E-state index in [1.807, 2.05) is 30.3 Å². The van der Waals surface area contributed by atoms with E-state index in [0.29, 0.717) is 18.0 Å². The van der Waals surface area contributed by atoms with Crippen molar-refractivity contribution >= 4 is 62.9 Å². The zero-order valence-corrected chi connectivity index (χ0v) is 21.8. The first-order chi connectivity index (χ1) is 15.4. The highest BCUT2D eigenvalue weighted by molar-refractivity contribution is 14.1. The number of halogens is 2. The number of amides is 1. The number of carbonyl (C=O) groups is 1. The van der Waals surface area contributed by atoms with Gasteiger partial charge in [-0.05, 0) is 106 Å². The number of nitriles is 1. The van der Waals surface area contributed by atoms with Crippen LogP contribution >= 0.6 is 45.2 Å². The normalized spacial score (nSPS) is 10.9. The first-order valence-corrected chi connectivity index (χ1v) is 11.8. The molecule has 1 N–H and O–H groups in total. The summed E-state index contributed by atoms with van der Waals surface area (Å²) in [6.45, 7) is 2.52. The van der Waals surface area contributed by atoms with Gasteiger partial charge in [-0.2, -0.15) is 5.26 Å². The molecule has 1 amide bonds. The van der Waals surface area contributed by atoms with Crippen LogP contribution in [0.25, 0.3) is 6.08 Å². The average molecular weight is 650 g/mol. The fraction of sp³-hybridized carbons (Fsp3) is 0.120. The third-order valence-electron chi connectivity index (χ3n) is 4.51. The zero-order chi connectivity index (χ0) is 23.1. The Morgan fingerprint density at radius 3 is 2.38 bits per heavy atom. The molecule has 0 radical (unpaired) electrons. The van der Waals surface area contributed by atoms with Crippen LogP contribution in [0, 0.1) is 25.4 Å². The molecule has 0 spiro atoms. The van der Waals surface area contributed by atoms with E-state index in [1.165, 1.54) is 5.56 Å². The van der Waals surface area contributed by atoms with Crippen LogP contribution in [0.5, 0.6) is 11.5 Å². The molecule has 0 saturated carbocycles. The number of benzene rings is 3. The Hall–Kier alpha value is -2.58. The van der Waals surface area contributed by atoms with Crippen molar-refractivity contribution in [2.45, 2.75) is 13.5 Å². The van der Waals surface area contributed by atoms with Gasteiger partial charge >= 0.3 is 0 Å². The standard InChI is InChI=1S/C25H20I2N2O3/c1-16-4-3-5-17(10-16)15-32-24-22(26)12-18(13-23(24)27)11-19(14-28)25(30)29-20-6-8-21(31-2)9-7-20/h3-13H,15H2,1-2H3,(H,29,30)/b19-11-. The molecule has 32 heavy (non-hydrogen) atoms. The molecule has 0 aliphatic carbocycles. The van der Waals surface area contributed by atoms with Crippen molar-refractivity contribution in [2.75, 3.05) is 12.4 Å². The van der Waals surface area contributed by atoms with Crippen LogP contribution in [-0.2, 0) is 11.4 Å². The van der Waals surface area contributed by atoms with Gasteiger partial charge in [0.15, 0.2) is 0 Å². The molecule has 162 valence electrons. The van der Waals surface area contributed by atoms with E-state index in [0.717, 1.165) is 24.0 Å². The summed E-state index contributed by atoms with van der Waals surface area (Å²) in [6.07, 6.45) is 1.58. The second-order valence-electron chi connectivity index (χ2n) is 6.94. The van der Waals surface area contributed by atoms with Crippen molar-refractivity contribution in [3.05, 3.63) is 90.1 Å². The number of ether oxygens (including phenoxy) is 2. The minimum absolute atomic E-state index is 0.0147. The molecule has 0 aliphatic rings. The minimum atomic E-state index is -0.470. The van der Waals surface area contributed by atoms with E-state index >= 15 is 0 Å². The van der Waals surface area contributed by atoms with Crippen LogP contribution in [0.3, 0.4) is 0 Å². The van der Waals surface area contributed by atoms with E-state index in [1.54, 1.807) is 37.5 Å². The molecular weight excluding hydrogens is 630 g/mol. The minimum Gasteiger partial charge on any atom is -0.497 e. The van der Waals surface area contributed by atoms with Crippen molar-refractivity contribution in [3.8, 4) is 17.6 Å². The van der Waals surface area contributed by atoms with Gasteiger partial charge in [0.1, 0.15) is 29.7 Å². The summed E-state index contributed by atoms with van der Waals surface area (Å²) in [5.41, 5.74) is 3.64. The molecule has 0 fully saturated rings. The van der Waals surface area contributed by atoms with E-state index < -0.39 is 5.91 Å². The highest BCUT2D eigenvalue weighted by Crippen LogP contribution is 2.30. The SMILES string of the molecule is COc1ccc(NC(=O)/C(C#N)=C\c2cc(I)c(OCc3cccc(C)c3)c(I)c2)cc1. The highest BCUT2D eigenvalue weighted by atomic mass is 127. The molecule has 0 saturated heterocycles. The predicted octanol–water partition coefficient (Wildman–Crippen LogP) is 6.34. The number of nitrogens with one attached hydrogen (secondary N) is 1. The molecule has 5 nitrogen and oxygen atoms in total. The summed E-state index contributed by atoms with van der Waals surface area (Å²) < 4.78 is 13.0. The Kier molecular flexibility index (Phi) is 8.53. The largest absolute Gasteiger partial charge is 0.497 e. The molecule has 0 bridgehead atoms. The summed E-state index contributed by atoms with van der Waals surface area (Å²) in [6, 6.07) is 20.9. The van der Waals surface area contributed by atoms with Gasteiger partial charge in [-0.1, -0.05) is 29.8 Å². The molecule has 0 atom stereocenters. The lowest BCUT2D eigenvalue weighted by Gasteiger charge is -2.12. The number of hydrogen-bond acceptors (Lipinski definition) is 4. The quantitative estimate of drug-likeness (QED) is 0.184. The van der Waals surface area contributed by atoms with Crippen LogP contribution in [0.1, 0.15) is 16.7 Å². The number of anilines is 1. The molecule has 0 unspecified atom stereocenters. The predicted molar refractivity (Wildman–Crippen MR) is 143 cm³/mol. The zero-order valence-electron chi connectivity index (χ0n) is 17.5. The molecular formula is C25H20I2N2O3. The van der Waals surface area contributed by atoms with E-state index in [-0.39, 0.29) is 5.57 Å². The van der Waals surface area contributed by atoms with Gasteiger partial charge in [-0.15, -0.1) is 0 Å². The number of carbonyl (C=O) groups excluding carboxylic acids is 1. The van der Waals surface area contributed by atoms with Crippen LogP contribution in [0.4, 0.5) is 5.69 Å². The second kappa shape index (κ2) is 11.3. The van der Waals surface area contributed by atoms with Crippen molar-refractivity contribution in [2.24, 2.45) is 0 Å². The molecule has 0 aromatic heterocycles. The fourth-order valence-electron chi connectivity index (χ4n) is 2.95. The smallest absolute Gasteiger partial charge is 0.266 e. The lowest BCUT2D eigenvalue weighted by Crippen LogP contribution is -2.13. The van der Waals surface area contributed by atoms with Crippen LogP contribution in [0.15, 0.2) is 66.2 Å². The first-order valence-electron chi connectivity index (χ1n) is 9.64. The molecule has 7 heteroatoms. The van der Waals surface area contributed by atoms with Crippen molar-refractivity contribution in [1.29, 1.82) is 5.26 Å².